The predicted molar refractivity (Wildman–Crippen MR) is 108 cm³/mol. The quantitative estimate of drug-likeness (QED) is 0.379. The number of ether oxygens (including phenoxy) is 1. The maximum Gasteiger partial charge on any atom is 0.314 e. The molecule has 0 aromatic heterocycles. The zero-order valence-corrected chi connectivity index (χ0v) is 18.1. The van der Waals surface area contributed by atoms with E-state index in [0.29, 0.717) is 6.61 Å². The number of carboxylic acids is 2. The monoisotopic (exact) mass is 455 g/mol. The molecule has 0 unspecified atom stereocenters. The number of esters is 1. The first-order valence-corrected chi connectivity index (χ1v) is 10.8. The molecule has 10 nitrogen and oxygen atoms in total. The Morgan fingerprint density at radius 1 is 1.12 bits per heavy atom. The molecule has 1 aliphatic heterocycles. The van der Waals surface area contributed by atoms with Crippen LogP contribution in [0.25, 0.3) is 0 Å². The van der Waals surface area contributed by atoms with Gasteiger partial charge in [0.05, 0.1) is 31.2 Å². The van der Waals surface area contributed by atoms with Crippen LogP contribution in [0.4, 0.5) is 4.39 Å². The summed E-state index contributed by atoms with van der Waals surface area (Å²) in [5.41, 5.74) is -0.466. The molecule has 1 amide bonds. The fourth-order valence-electron chi connectivity index (χ4n) is 4.72. The van der Waals surface area contributed by atoms with Gasteiger partial charge < -0.3 is 25.2 Å². The average Bonchev–Trinajstić information content (AvgIpc) is 3.14. The number of aliphatic carboxylic acids is 2. The van der Waals surface area contributed by atoms with Crippen LogP contribution in [0.5, 0.6) is 0 Å². The Kier molecular flexibility index (Phi) is 8.55. The Hall–Kier alpha value is -2.74. The highest BCUT2D eigenvalue weighted by atomic mass is 19.1. The largest absolute Gasteiger partial charge is 0.481 e. The fraction of sp³-hybridized carbons (Fsp3) is 0.762. The summed E-state index contributed by atoms with van der Waals surface area (Å²) in [7, 11) is 0. The van der Waals surface area contributed by atoms with Crippen molar-refractivity contribution in [3.8, 4) is 6.07 Å². The van der Waals surface area contributed by atoms with Crippen LogP contribution in [0.15, 0.2) is 0 Å². The first kappa shape index (κ1) is 25.5. The molecule has 0 spiro atoms. The summed E-state index contributed by atoms with van der Waals surface area (Å²) in [5, 5.41) is 27.9. The average molecular weight is 455 g/mol. The number of nitriles is 1. The zero-order valence-electron chi connectivity index (χ0n) is 18.1. The van der Waals surface area contributed by atoms with Crippen LogP contribution in [-0.2, 0) is 23.9 Å². The third-order valence-corrected chi connectivity index (χ3v) is 6.59. The molecule has 4 aliphatic rings. The van der Waals surface area contributed by atoms with E-state index in [4.69, 9.17) is 20.2 Å². The highest BCUT2D eigenvalue weighted by Gasteiger charge is 2.53. The van der Waals surface area contributed by atoms with E-state index in [0.717, 1.165) is 38.5 Å². The number of rotatable bonds is 7. The summed E-state index contributed by atoms with van der Waals surface area (Å²) in [4.78, 5) is 44.9. The normalized spacial score (nSPS) is 30.6. The van der Waals surface area contributed by atoms with Crippen LogP contribution in [-0.4, -0.2) is 76.4 Å². The molecule has 11 heteroatoms. The Bertz CT molecular complexity index is 745. The molecule has 2 bridgehead atoms. The van der Waals surface area contributed by atoms with Crippen molar-refractivity contribution in [1.82, 2.24) is 10.2 Å². The molecular formula is C21H30FN3O7. The second-order valence-electron chi connectivity index (χ2n) is 8.62. The molecule has 1 saturated heterocycles. The lowest BCUT2D eigenvalue weighted by molar-refractivity contribution is -0.163. The maximum absolute atomic E-state index is 13.5. The standard InChI is InChI=1S/C18H26FN3O3.C3H4O4/c1-2-25-16(24)17-3-6-18(7-4-17,8-5-17)21-11-15(23)22-12-13(19)9-14(22)10-20;4-2(5)1-3(6)7/h13-14,21H,2-9,11-12H2,1H3;1H2,(H,4,5)(H,6,7)/t13-,14-,17?,18?;/m0./s1. The molecule has 3 aliphatic carbocycles. The van der Waals surface area contributed by atoms with E-state index < -0.39 is 30.6 Å². The van der Waals surface area contributed by atoms with Crippen molar-refractivity contribution in [3.63, 3.8) is 0 Å². The number of nitrogens with one attached hydrogen (secondary N) is 1. The lowest BCUT2D eigenvalue weighted by Crippen LogP contribution is -2.58. The van der Waals surface area contributed by atoms with Gasteiger partial charge in [0.1, 0.15) is 18.6 Å². The van der Waals surface area contributed by atoms with Gasteiger partial charge in [-0.25, -0.2) is 4.39 Å². The molecular weight excluding hydrogens is 425 g/mol. The van der Waals surface area contributed by atoms with E-state index in [1.807, 2.05) is 13.0 Å². The van der Waals surface area contributed by atoms with Gasteiger partial charge in [0, 0.05) is 12.0 Å². The van der Waals surface area contributed by atoms with Crippen LogP contribution in [0.3, 0.4) is 0 Å². The van der Waals surface area contributed by atoms with Crippen molar-refractivity contribution in [2.75, 3.05) is 19.7 Å². The first-order chi connectivity index (χ1) is 15.1. The predicted octanol–water partition coefficient (Wildman–Crippen LogP) is 1.24. The van der Waals surface area contributed by atoms with E-state index in [-0.39, 0.29) is 42.3 Å². The van der Waals surface area contributed by atoms with Crippen LogP contribution in [0.2, 0.25) is 0 Å². The zero-order chi connectivity index (χ0) is 23.9. The number of nitrogens with zero attached hydrogens (tertiary/aromatic N) is 2. The topological polar surface area (TPSA) is 157 Å². The highest BCUT2D eigenvalue weighted by Crippen LogP contribution is 2.52. The van der Waals surface area contributed by atoms with E-state index in [9.17, 15) is 23.6 Å². The number of alkyl halides is 1. The van der Waals surface area contributed by atoms with E-state index in [1.165, 1.54) is 4.90 Å². The Morgan fingerprint density at radius 2 is 1.69 bits per heavy atom. The smallest absolute Gasteiger partial charge is 0.314 e. The molecule has 2 atom stereocenters. The van der Waals surface area contributed by atoms with E-state index in [1.54, 1.807) is 0 Å². The van der Waals surface area contributed by atoms with Gasteiger partial charge in [0.25, 0.3) is 0 Å². The summed E-state index contributed by atoms with van der Waals surface area (Å²) in [5.74, 6) is -2.92. The van der Waals surface area contributed by atoms with E-state index in [2.05, 4.69) is 5.32 Å². The summed E-state index contributed by atoms with van der Waals surface area (Å²) in [6.07, 6.45) is 3.06. The third-order valence-electron chi connectivity index (χ3n) is 6.59. The van der Waals surface area contributed by atoms with Gasteiger partial charge in [0.2, 0.25) is 5.91 Å². The molecule has 0 aromatic rings. The van der Waals surface area contributed by atoms with Gasteiger partial charge in [-0.1, -0.05) is 0 Å². The lowest BCUT2D eigenvalue weighted by Gasteiger charge is -2.52. The Labute approximate surface area is 185 Å². The number of amides is 1. The van der Waals surface area contributed by atoms with Crippen molar-refractivity contribution in [2.24, 2.45) is 5.41 Å². The number of likely N-dealkylation sites (tertiary alicyclic amines) is 1. The van der Waals surface area contributed by atoms with Gasteiger partial charge in [0.15, 0.2) is 0 Å². The SMILES string of the molecule is CCOC(=O)C12CCC(NCC(=O)N3C[C@@H](F)C[C@H]3C#N)(CC1)CC2.O=C(O)CC(=O)O. The van der Waals surface area contributed by atoms with Gasteiger partial charge >= 0.3 is 17.9 Å². The molecule has 178 valence electrons. The van der Waals surface area contributed by atoms with Gasteiger partial charge in [-0.2, -0.15) is 5.26 Å². The molecule has 4 fully saturated rings. The first-order valence-electron chi connectivity index (χ1n) is 10.8. The Morgan fingerprint density at radius 3 is 2.12 bits per heavy atom. The van der Waals surface area contributed by atoms with Crippen molar-refractivity contribution >= 4 is 23.8 Å². The molecule has 32 heavy (non-hydrogen) atoms. The van der Waals surface area contributed by atoms with Crippen LogP contribution in [0.1, 0.15) is 58.3 Å². The van der Waals surface area contributed by atoms with Crippen molar-refractivity contribution in [2.45, 2.75) is 76.0 Å². The summed E-state index contributed by atoms with van der Waals surface area (Å²) >= 11 is 0. The minimum absolute atomic E-state index is 0.0116. The maximum atomic E-state index is 13.5. The third kappa shape index (κ3) is 6.16. The van der Waals surface area contributed by atoms with Crippen LogP contribution < -0.4 is 5.32 Å². The van der Waals surface area contributed by atoms with Crippen molar-refractivity contribution in [1.29, 1.82) is 5.26 Å². The molecule has 0 radical (unpaired) electrons. The number of halogens is 1. The minimum atomic E-state index is -1.31. The number of fused-ring (bicyclic) bond motifs is 3. The number of hydrogen-bond acceptors (Lipinski definition) is 7. The fourth-order valence-corrected chi connectivity index (χ4v) is 4.72. The van der Waals surface area contributed by atoms with Crippen LogP contribution in [0, 0.1) is 16.7 Å². The highest BCUT2D eigenvalue weighted by molar-refractivity contribution is 5.88. The molecule has 3 saturated carbocycles. The second-order valence-corrected chi connectivity index (χ2v) is 8.62. The van der Waals surface area contributed by atoms with Gasteiger partial charge in [-0.15, -0.1) is 0 Å². The number of carbonyl (C=O) groups excluding carboxylic acids is 2. The van der Waals surface area contributed by atoms with Gasteiger partial charge in [-0.05, 0) is 45.4 Å². The van der Waals surface area contributed by atoms with Gasteiger partial charge in [-0.3, -0.25) is 19.2 Å². The van der Waals surface area contributed by atoms with E-state index >= 15 is 0 Å². The summed E-state index contributed by atoms with van der Waals surface area (Å²) in [6, 6.07) is 1.35. The Balaban J connectivity index is 0.000000451. The molecule has 4 rings (SSSR count). The number of carboxylic acid groups (broad SMARTS) is 2. The van der Waals surface area contributed by atoms with Crippen molar-refractivity contribution in [3.05, 3.63) is 0 Å². The molecule has 3 N–H and O–H groups in total. The molecule has 0 aromatic carbocycles. The number of carbonyl (C=O) groups is 4. The van der Waals surface area contributed by atoms with Crippen molar-refractivity contribution < 1.29 is 38.5 Å². The summed E-state index contributed by atoms with van der Waals surface area (Å²) in [6.45, 7) is 2.37. The lowest BCUT2D eigenvalue weighted by atomic mass is 9.57. The van der Waals surface area contributed by atoms with Crippen LogP contribution >= 0.6 is 0 Å². The molecule has 1 heterocycles. The minimum Gasteiger partial charge on any atom is -0.481 e. The second kappa shape index (κ2) is 10.7. The summed E-state index contributed by atoms with van der Waals surface area (Å²) < 4.78 is 18.7. The number of hydrogen-bond donors (Lipinski definition) is 3.